The molecule has 1 fully saturated rings. The number of rotatable bonds is 11. The fourth-order valence-electron chi connectivity index (χ4n) is 9.71. The number of ether oxygens (including phenoxy) is 1. The molecule has 1 unspecified atom stereocenters. The molecule has 1 atom stereocenters. The summed E-state index contributed by atoms with van der Waals surface area (Å²) in [4.78, 5) is 48.7. The molecule has 13 rings (SSSR count). The molecule has 0 bridgehead atoms. The zero-order valence-electron chi connectivity index (χ0n) is 42.4. The van der Waals surface area contributed by atoms with Crippen LogP contribution in [0.4, 0.5) is 46.0 Å². The lowest BCUT2D eigenvalue weighted by molar-refractivity contribution is -0.0298. The fraction of sp³-hybridized carbons (Fsp3) is 0.115. The SMILES string of the molecule is C#Cc1cccc(Nc2nccc3c(Nc4ncccc4-c4ncnc5c4ncn5C4CCCCO4)c(C)ccc23)c1.C#Cc1cccc(Nc2nccc3c(Nc4ncccc4-c4ncnc5nc[nH]c45)c(C)ccc23)c1. The monoisotopic (exact) mass is 1020 g/mol. The number of pyridine rings is 4. The Morgan fingerprint density at radius 2 is 1.14 bits per heavy atom. The summed E-state index contributed by atoms with van der Waals surface area (Å²) in [6, 6.07) is 35.5. The Bertz CT molecular complexity index is 4300. The van der Waals surface area contributed by atoms with Gasteiger partial charge in [-0.25, -0.2) is 49.8 Å². The summed E-state index contributed by atoms with van der Waals surface area (Å²) < 4.78 is 8.02. The van der Waals surface area contributed by atoms with Crippen molar-refractivity contribution in [1.29, 1.82) is 0 Å². The Labute approximate surface area is 448 Å². The largest absolute Gasteiger partial charge is 0.358 e. The molecular formula is C61H48N16O. The molecule has 0 spiro atoms. The van der Waals surface area contributed by atoms with E-state index < -0.39 is 0 Å². The minimum atomic E-state index is -0.0678. The quantitative estimate of drug-likeness (QED) is 0.0764. The van der Waals surface area contributed by atoms with Crippen LogP contribution in [0, 0.1) is 38.5 Å². The van der Waals surface area contributed by atoms with E-state index >= 15 is 0 Å². The van der Waals surface area contributed by atoms with Crippen molar-refractivity contribution in [2.45, 2.75) is 39.3 Å². The van der Waals surface area contributed by atoms with Gasteiger partial charge in [0.05, 0.1) is 24.0 Å². The molecule has 1 aliphatic heterocycles. The number of hydrogen-bond donors (Lipinski definition) is 5. The molecule has 5 N–H and O–H groups in total. The molecule has 1 saturated heterocycles. The van der Waals surface area contributed by atoms with E-state index in [1.54, 1.807) is 43.8 Å². The minimum Gasteiger partial charge on any atom is -0.358 e. The number of aryl methyl sites for hydroxylation is 2. The molecule has 0 aliphatic carbocycles. The highest BCUT2D eigenvalue weighted by Crippen LogP contribution is 2.39. The standard InChI is InChI=1S/C33H28N8O.C28H20N8/c1-3-22-8-6-9-23(18-22)39-31-25-13-12-21(2)28(24(25)14-16-35-31)40-32-26(10-7-15-34-32)29-30-33(37-19-36-29)41(20-38-30)27-11-4-5-17-42-27;1-3-18-6-4-7-19(14-18)35-26-21-10-9-17(2)23(20(21)11-13-30-26)36-27-22(8-5-12-29-27)24-25-28(33-15-31-24)34-16-32-25/h1,6-10,12-16,18-20,27H,4-5,11,17H2,2H3,(H,34,40)(H,35,39);1,4-16H,2H3,(H,29,36)(H,30,35)(H,31,32,33,34). The smallest absolute Gasteiger partial charge is 0.181 e. The van der Waals surface area contributed by atoms with Crippen LogP contribution in [0.15, 0.2) is 159 Å². The lowest BCUT2D eigenvalue weighted by Crippen LogP contribution is -2.17. The average Bonchev–Trinajstić information content (AvgIpc) is 4.18. The van der Waals surface area contributed by atoms with Crippen LogP contribution in [-0.2, 0) is 4.74 Å². The normalized spacial score (nSPS) is 13.1. The second-order valence-electron chi connectivity index (χ2n) is 18.5. The van der Waals surface area contributed by atoms with Gasteiger partial charge in [-0.2, -0.15) is 0 Å². The number of nitrogens with zero attached hydrogens (tertiary/aromatic N) is 11. The van der Waals surface area contributed by atoms with Gasteiger partial charge in [0.1, 0.15) is 64.6 Å². The minimum absolute atomic E-state index is 0.0678. The Morgan fingerprint density at radius 3 is 1.74 bits per heavy atom. The molecule has 9 heterocycles. The van der Waals surface area contributed by atoms with Gasteiger partial charge in [0.2, 0.25) is 0 Å². The number of H-pyrrole nitrogens is 1. The van der Waals surface area contributed by atoms with E-state index in [-0.39, 0.29) is 6.23 Å². The molecular weight excluding hydrogens is 973 g/mol. The van der Waals surface area contributed by atoms with Crippen molar-refractivity contribution >= 4 is 89.9 Å². The van der Waals surface area contributed by atoms with Gasteiger partial charge in [-0.1, -0.05) is 48.2 Å². The second kappa shape index (κ2) is 21.3. The van der Waals surface area contributed by atoms with Crippen molar-refractivity contribution in [2.24, 2.45) is 0 Å². The molecule has 78 heavy (non-hydrogen) atoms. The zero-order chi connectivity index (χ0) is 53.0. The Morgan fingerprint density at radius 1 is 0.551 bits per heavy atom. The van der Waals surface area contributed by atoms with E-state index in [4.69, 9.17) is 27.6 Å². The molecule has 0 radical (unpaired) electrons. The van der Waals surface area contributed by atoms with Crippen LogP contribution in [0.2, 0.25) is 0 Å². The van der Waals surface area contributed by atoms with Gasteiger partial charge in [-0.05, 0) is 117 Å². The number of benzene rings is 4. The summed E-state index contributed by atoms with van der Waals surface area (Å²) in [5.74, 6) is 8.17. The molecule has 1 aliphatic rings. The van der Waals surface area contributed by atoms with E-state index in [1.807, 2.05) is 89.5 Å². The zero-order valence-corrected chi connectivity index (χ0v) is 42.4. The summed E-state index contributed by atoms with van der Waals surface area (Å²) in [6.45, 7) is 4.88. The molecule has 17 nitrogen and oxygen atoms in total. The summed E-state index contributed by atoms with van der Waals surface area (Å²) >= 11 is 0. The predicted molar refractivity (Wildman–Crippen MR) is 307 cm³/mol. The molecule has 0 amide bonds. The lowest BCUT2D eigenvalue weighted by atomic mass is 10.0. The summed E-state index contributed by atoms with van der Waals surface area (Å²) in [7, 11) is 0. The van der Waals surface area contributed by atoms with Crippen molar-refractivity contribution in [3.8, 4) is 47.2 Å². The highest BCUT2D eigenvalue weighted by molar-refractivity contribution is 6.05. The first-order valence-corrected chi connectivity index (χ1v) is 25.2. The number of anilines is 8. The number of nitrogens with one attached hydrogen (secondary N) is 5. The third-order valence-electron chi connectivity index (χ3n) is 13.6. The third-order valence-corrected chi connectivity index (χ3v) is 13.6. The molecule has 4 aromatic carbocycles. The number of fused-ring (bicyclic) bond motifs is 4. The van der Waals surface area contributed by atoms with Crippen LogP contribution >= 0.6 is 0 Å². The van der Waals surface area contributed by atoms with E-state index in [9.17, 15) is 0 Å². The number of terminal acetylenes is 2. The first kappa shape index (κ1) is 48.3. The van der Waals surface area contributed by atoms with E-state index in [2.05, 4.69) is 116 Å². The van der Waals surface area contributed by atoms with Crippen molar-refractivity contribution in [3.63, 3.8) is 0 Å². The van der Waals surface area contributed by atoms with Gasteiger partial charge in [-0.3, -0.25) is 4.57 Å². The number of aromatic amines is 1. The van der Waals surface area contributed by atoms with Gasteiger partial charge in [0.25, 0.3) is 0 Å². The average molecular weight is 1020 g/mol. The maximum absolute atomic E-state index is 6.01. The predicted octanol–water partition coefficient (Wildman–Crippen LogP) is 12.7. The van der Waals surface area contributed by atoms with Crippen LogP contribution < -0.4 is 21.3 Å². The first-order valence-electron chi connectivity index (χ1n) is 25.2. The topological polar surface area (TPSA) is 207 Å². The maximum atomic E-state index is 6.01. The van der Waals surface area contributed by atoms with Crippen molar-refractivity contribution in [2.75, 3.05) is 27.9 Å². The highest BCUT2D eigenvalue weighted by Gasteiger charge is 2.23. The third kappa shape index (κ3) is 9.56. The van der Waals surface area contributed by atoms with Gasteiger partial charge < -0.3 is 31.0 Å². The summed E-state index contributed by atoms with van der Waals surface area (Å²) in [6.07, 6.45) is 27.9. The van der Waals surface area contributed by atoms with Gasteiger partial charge in [-0.15, -0.1) is 12.8 Å². The van der Waals surface area contributed by atoms with E-state index in [0.29, 0.717) is 28.5 Å². The van der Waals surface area contributed by atoms with Crippen LogP contribution in [0.5, 0.6) is 0 Å². The number of aromatic nitrogens is 12. The van der Waals surface area contributed by atoms with Crippen LogP contribution in [-0.4, -0.2) is 66.0 Å². The van der Waals surface area contributed by atoms with E-state index in [1.165, 1.54) is 6.33 Å². The Balaban J connectivity index is 0.000000158. The van der Waals surface area contributed by atoms with Gasteiger partial charge in [0, 0.05) is 86.6 Å². The second-order valence-corrected chi connectivity index (χ2v) is 18.5. The van der Waals surface area contributed by atoms with E-state index in [0.717, 1.165) is 132 Å². The number of imidazole rings is 2. The van der Waals surface area contributed by atoms with Crippen LogP contribution in [0.3, 0.4) is 0 Å². The molecule has 8 aromatic heterocycles. The lowest BCUT2D eigenvalue weighted by Gasteiger charge is -2.23. The molecule has 12 aromatic rings. The molecule has 378 valence electrons. The van der Waals surface area contributed by atoms with Crippen LogP contribution in [0.25, 0.3) is 66.4 Å². The Kier molecular flexibility index (Phi) is 13.2. The van der Waals surface area contributed by atoms with Gasteiger partial charge in [0.15, 0.2) is 11.3 Å². The molecule has 17 heteroatoms. The van der Waals surface area contributed by atoms with Gasteiger partial charge >= 0.3 is 0 Å². The van der Waals surface area contributed by atoms with Crippen molar-refractivity contribution in [1.82, 2.24) is 59.4 Å². The summed E-state index contributed by atoms with van der Waals surface area (Å²) in [5, 5.41) is 18.0. The Hall–Kier alpha value is -10.6. The first-order chi connectivity index (χ1) is 38.4. The summed E-state index contributed by atoms with van der Waals surface area (Å²) in [5.41, 5.74) is 13.3. The number of hydrogen-bond acceptors (Lipinski definition) is 15. The highest BCUT2D eigenvalue weighted by atomic mass is 16.5. The molecule has 0 saturated carbocycles. The van der Waals surface area contributed by atoms with Crippen LogP contribution in [0.1, 0.15) is 47.7 Å². The fourth-order valence-corrected chi connectivity index (χ4v) is 9.71. The van der Waals surface area contributed by atoms with Crippen molar-refractivity contribution in [3.05, 3.63) is 182 Å². The van der Waals surface area contributed by atoms with Crippen molar-refractivity contribution < 1.29 is 4.74 Å². The maximum Gasteiger partial charge on any atom is 0.181 e.